The minimum Gasteiger partial charge on any atom is -0.494 e. The molecule has 0 unspecified atom stereocenters. The van der Waals surface area contributed by atoms with Gasteiger partial charge >= 0.3 is 0 Å². The maximum absolute atomic E-state index is 12.4. The highest BCUT2D eigenvalue weighted by atomic mass is 32.2. The summed E-state index contributed by atoms with van der Waals surface area (Å²) < 4.78 is 33.0. The summed E-state index contributed by atoms with van der Waals surface area (Å²) in [5, 5.41) is 2.78. The zero-order valence-electron chi connectivity index (χ0n) is 17.9. The van der Waals surface area contributed by atoms with Gasteiger partial charge in [-0.25, -0.2) is 8.42 Å². The van der Waals surface area contributed by atoms with Crippen molar-refractivity contribution in [2.75, 3.05) is 18.1 Å². The molecular formula is C21H29N3O5S2. The van der Waals surface area contributed by atoms with E-state index in [1.807, 2.05) is 36.6 Å². The number of amides is 2. The Morgan fingerprint density at radius 3 is 2.61 bits per heavy atom. The standard InChI is InChI=1S/C21H29N3O5S2/c1-3-24-17-11-10-16(29-4-2)12-18(17)30-21(24)23-20(26)14-31(27,28)13-19(25)22-15-8-6-5-7-9-15/h10-12,15H,3-9,13-14H2,1-2H3,(H,22,25). The summed E-state index contributed by atoms with van der Waals surface area (Å²) in [6, 6.07) is 5.66. The van der Waals surface area contributed by atoms with Gasteiger partial charge in [0.25, 0.3) is 5.91 Å². The third-order valence-corrected chi connectivity index (χ3v) is 7.60. The van der Waals surface area contributed by atoms with Gasteiger partial charge in [0.2, 0.25) is 5.91 Å². The fourth-order valence-corrected chi connectivity index (χ4v) is 5.96. The van der Waals surface area contributed by atoms with Gasteiger partial charge in [-0.3, -0.25) is 9.59 Å². The van der Waals surface area contributed by atoms with E-state index < -0.39 is 33.2 Å². The van der Waals surface area contributed by atoms with Crippen LogP contribution in [-0.2, 0) is 26.0 Å². The third kappa shape index (κ3) is 6.39. The molecule has 0 radical (unpaired) electrons. The number of rotatable bonds is 8. The molecule has 2 aromatic rings. The highest BCUT2D eigenvalue weighted by Crippen LogP contribution is 2.23. The number of carbonyl (C=O) groups excluding carboxylic acids is 2. The van der Waals surface area contributed by atoms with E-state index in [2.05, 4.69) is 10.3 Å². The summed E-state index contributed by atoms with van der Waals surface area (Å²) in [6.07, 6.45) is 4.95. The Kier molecular flexibility index (Phi) is 7.88. The van der Waals surface area contributed by atoms with Gasteiger partial charge in [-0.2, -0.15) is 4.99 Å². The Labute approximate surface area is 186 Å². The molecule has 2 amide bonds. The van der Waals surface area contributed by atoms with Crippen LogP contribution >= 0.6 is 11.3 Å². The predicted molar refractivity (Wildman–Crippen MR) is 121 cm³/mol. The molecule has 3 rings (SSSR count). The van der Waals surface area contributed by atoms with Gasteiger partial charge in [0.15, 0.2) is 14.6 Å². The second-order valence-electron chi connectivity index (χ2n) is 7.63. The number of benzene rings is 1. The van der Waals surface area contributed by atoms with Crippen molar-refractivity contribution in [2.45, 2.75) is 58.5 Å². The van der Waals surface area contributed by atoms with Gasteiger partial charge in [0, 0.05) is 12.6 Å². The average Bonchev–Trinajstić information content (AvgIpc) is 3.03. The van der Waals surface area contributed by atoms with E-state index in [4.69, 9.17) is 4.74 Å². The molecule has 10 heteroatoms. The van der Waals surface area contributed by atoms with Gasteiger partial charge in [-0.05, 0) is 44.9 Å². The van der Waals surface area contributed by atoms with E-state index in [0.717, 1.165) is 48.1 Å². The number of nitrogens with one attached hydrogen (secondary N) is 1. The summed E-state index contributed by atoms with van der Waals surface area (Å²) in [6.45, 7) is 4.96. The third-order valence-electron chi connectivity index (χ3n) is 5.17. The second-order valence-corrected chi connectivity index (χ2v) is 10.7. The molecule has 1 heterocycles. The minimum atomic E-state index is -3.89. The Hall–Kier alpha value is -2.20. The van der Waals surface area contributed by atoms with Crippen molar-refractivity contribution in [2.24, 2.45) is 4.99 Å². The lowest BCUT2D eigenvalue weighted by Gasteiger charge is -2.22. The topological polar surface area (TPSA) is 107 Å². The van der Waals surface area contributed by atoms with Crippen molar-refractivity contribution in [3.63, 3.8) is 0 Å². The normalized spacial score (nSPS) is 15.9. The lowest BCUT2D eigenvalue weighted by Crippen LogP contribution is -2.40. The number of sulfone groups is 1. The van der Waals surface area contributed by atoms with Crippen LogP contribution < -0.4 is 14.9 Å². The average molecular weight is 468 g/mol. The molecule has 0 aliphatic heterocycles. The first kappa shape index (κ1) is 23.5. The summed E-state index contributed by atoms with van der Waals surface area (Å²) in [7, 11) is -3.89. The van der Waals surface area contributed by atoms with Gasteiger partial charge in [-0.15, -0.1) is 0 Å². The van der Waals surface area contributed by atoms with Crippen LogP contribution in [-0.4, -0.2) is 49.0 Å². The molecule has 1 aromatic heterocycles. The number of aromatic nitrogens is 1. The van der Waals surface area contributed by atoms with Crippen LogP contribution in [0.25, 0.3) is 10.2 Å². The molecule has 8 nitrogen and oxygen atoms in total. The number of ether oxygens (including phenoxy) is 1. The molecule has 1 aromatic carbocycles. The number of nitrogens with zero attached hydrogens (tertiary/aromatic N) is 2. The first-order valence-electron chi connectivity index (χ1n) is 10.6. The van der Waals surface area contributed by atoms with Gasteiger partial charge in [0.05, 0.1) is 16.8 Å². The quantitative estimate of drug-likeness (QED) is 0.642. The van der Waals surface area contributed by atoms with Gasteiger partial charge in [0.1, 0.15) is 17.3 Å². The Morgan fingerprint density at radius 1 is 1.19 bits per heavy atom. The number of hydrogen-bond acceptors (Lipinski definition) is 6. The zero-order valence-corrected chi connectivity index (χ0v) is 19.6. The molecule has 1 saturated carbocycles. The summed E-state index contributed by atoms with van der Waals surface area (Å²) in [4.78, 5) is 29.0. The smallest absolute Gasteiger partial charge is 0.263 e. The van der Waals surface area contributed by atoms with Gasteiger partial charge < -0.3 is 14.6 Å². The maximum Gasteiger partial charge on any atom is 0.263 e. The molecule has 1 fully saturated rings. The maximum atomic E-state index is 12.4. The summed E-state index contributed by atoms with van der Waals surface area (Å²) >= 11 is 1.30. The van der Waals surface area contributed by atoms with Crippen LogP contribution in [0.1, 0.15) is 46.0 Å². The number of carbonyl (C=O) groups is 2. The van der Waals surface area contributed by atoms with E-state index >= 15 is 0 Å². The second kappa shape index (κ2) is 10.4. The Bertz CT molecular complexity index is 1110. The SMILES string of the molecule is CCOc1ccc2c(c1)sc(=NC(=O)CS(=O)(=O)CC(=O)NC1CCCCC1)n2CC. The molecule has 0 saturated heterocycles. The minimum absolute atomic E-state index is 0.0282. The summed E-state index contributed by atoms with van der Waals surface area (Å²) in [5.74, 6) is -2.07. The molecule has 170 valence electrons. The molecular weight excluding hydrogens is 438 g/mol. The molecule has 1 aliphatic rings. The first-order chi connectivity index (χ1) is 14.8. The van der Waals surface area contributed by atoms with Crippen LogP contribution in [0.15, 0.2) is 23.2 Å². The number of hydrogen-bond donors (Lipinski definition) is 1. The molecule has 1 N–H and O–H groups in total. The van der Waals surface area contributed by atoms with Crippen molar-refractivity contribution >= 4 is 43.2 Å². The first-order valence-corrected chi connectivity index (χ1v) is 13.3. The zero-order chi connectivity index (χ0) is 22.4. The van der Waals surface area contributed by atoms with Crippen LogP contribution in [0, 0.1) is 0 Å². The number of aryl methyl sites for hydroxylation is 1. The fourth-order valence-electron chi connectivity index (χ4n) is 3.80. The Morgan fingerprint density at radius 2 is 1.94 bits per heavy atom. The lowest BCUT2D eigenvalue weighted by molar-refractivity contribution is -0.119. The van der Waals surface area contributed by atoms with Crippen LogP contribution in [0.2, 0.25) is 0 Å². The van der Waals surface area contributed by atoms with Gasteiger partial charge in [-0.1, -0.05) is 30.6 Å². The highest BCUT2D eigenvalue weighted by molar-refractivity contribution is 7.92. The van der Waals surface area contributed by atoms with E-state index in [0.29, 0.717) is 18.0 Å². The van der Waals surface area contributed by atoms with Crippen LogP contribution in [0.3, 0.4) is 0 Å². The molecule has 0 spiro atoms. The summed E-state index contributed by atoms with van der Waals surface area (Å²) in [5.41, 5.74) is 0.900. The molecule has 1 aliphatic carbocycles. The van der Waals surface area contributed by atoms with E-state index in [9.17, 15) is 18.0 Å². The van der Waals surface area contributed by atoms with Crippen LogP contribution in [0.4, 0.5) is 0 Å². The van der Waals surface area contributed by atoms with Crippen molar-refractivity contribution < 1.29 is 22.7 Å². The number of thiazole rings is 1. The van der Waals surface area contributed by atoms with Crippen molar-refractivity contribution in [1.29, 1.82) is 0 Å². The Balaban J connectivity index is 1.71. The van der Waals surface area contributed by atoms with Crippen LogP contribution in [0.5, 0.6) is 5.75 Å². The van der Waals surface area contributed by atoms with E-state index in [1.165, 1.54) is 11.3 Å². The van der Waals surface area contributed by atoms with E-state index in [-0.39, 0.29) is 6.04 Å². The lowest BCUT2D eigenvalue weighted by atomic mass is 9.95. The molecule has 31 heavy (non-hydrogen) atoms. The number of fused-ring (bicyclic) bond motifs is 1. The van der Waals surface area contributed by atoms with Crippen molar-refractivity contribution in [1.82, 2.24) is 9.88 Å². The molecule has 0 atom stereocenters. The van der Waals surface area contributed by atoms with Crippen molar-refractivity contribution in [3.05, 3.63) is 23.0 Å². The van der Waals surface area contributed by atoms with E-state index in [1.54, 1.807) is 0 Å². The monoisotopic (exact) mass is 467 g/mol. The highest BCUT2D eigenvalue weighted by Gasteiger charge is 2.23. The predicted octanol–water partition coefficient (Wildman–Crippen LogP) is 2.41. The largest absolute Gasteiger partial charge is 0.494 e. The fraction of sp³-hybridized carbons (Fsp3) is 0.571. The van der Waals surface area contributed by atoms with Crippen molar-refractivity contribution in [3.8, 4) is 5.75 Å². The molecule has 0 bridgehead atoms.